The van der Waals surface area contributed by atoms with Crippen molar-refractivity contribution in [3.05, 3.63) is 42.5 Å². The molecular weight excluding hydrogens is 409 g/mol. The summed E-state index contributed by atoms with van der Waals surface area (Å²) in [5.74, 6) is 1.28. The van der Waals surface area contributed by atoms with Gasteiger partial charge in [-0.25, -0.2) is 9.97 Å². The van der Waals surface area contributed by atoms with E-state index in [0.717, 1.165) is 50.3 Å². The van der Waals surface area contributed by atoms with Crippen molar-refractivity contribution in [2.24, 2.45) is 5.92 Å². The lowest BCUT2D eigenvalue weighted by atomic mass is 9.95. The minimum atomic E-state index is -4.38. The fraction of sp³-hybridized carbons (Fsp3) is 0.524. The van der Waals surface area contributed by atoms with Crippen LogP contribution in [0, 0.1) is 5.92 Å². The number of halogens is 3. The number of alkyl halides is 3. The zero-order valence-corrected chi connectivity index (χ0v) is 17.1. The molecule has 2 fully saturated rings. The van der Waals surface area contributed by atoms with Crippen molar-refractivity contribution in [1.29, 1.82) is 0 Å². The largest absolute Gasteiger partial charge is 0.417 e. The molecule has 0 saturated carbocycles. The maximum Gasteiger partial charge on any atom is 0.417 e. The molecule has 7 nitrogen and oxygen atoms in total. The van der Waals surface area contributed by atoms with E-state index in [1.807, 2.05) is 4.90 Å². The maximum absolute atomic E-state index is 12.8. The maximum atomic E-state index is 12.8. The first-order chi connectivity index (χ1) is 14.9. The molecule has 31 heavy (non-hydrogen) atoms. The average molecular weight is 434 g/mol. The molecule has 10 heteroatoms. The molecule has 1 atom stereocenters. The third-order valence-corrected chi connectivity index (χ3v) is 5.91. The van der Waals surface area contributed by atoms with Gasteiger partial charge >= 0.3 is 6.18 Å². The third-order valence-electron chi connectivity index (χ3n) is 5.91. The molecule has 166 valence electrons. The summed E-state index contributed by atoms with van der Waals surface area (Å²) < 4.78 is 38.1. The monoisotopic (exact) mass is 434 g/mol. The van der Waals surface area contributed by atoms with Gasteiger partial charge < -0.3 is 15.1 Å². The van der Waals surface area contributed by atoms with Gasteiger partial charge in [-0.15, -0.1) is 0 Å². The lowest BCUT2D eigenvalue weighted by Gasteiger charge is -2.36. The molecular formula is C21H25F3N6O. The van der Waals surface area contributed by atoms with E-state index in [0.29, 0.717) is 25.5 Å². The first kappa shape index (κ1) is 21.3. The summed E-state index contributed by atoms with van der Waals surface area (Å²) in [4.78, 5) is 29.3. The summed E-state index contributed by atoms with van der Waals surface area (Å²) in [6.07, 6.45) is 4.71. The summed E-state index contributed by atoms with van der Waals surface area (Å²) in [5, 5.41) is 3.16. The molecule has 2 aliphatic rings. The molecule has 1 amide bonds. The van der Waals surface area contributed by atoms with Gasteiger partial charge in [0, 0.05) is 50.8 Å². The number of piperidine rings is 2. The van der Waals surface area contributed by atoms with Gasteiger partial charge in [-0.1, -0.05) is 0 Å². The Hall–Kier alpha value is -2.91. The van der Waals surface area contributed by atoms with Crippen LogP contribution < -0.4 is 15.1 Å². The van der Waals surface area contributed by atoms with Crippen LogP contribution >= 0.6 is 0 Å². The van der Waals surface area contributed by atoms with Crippen LogP contribution in [0.25, 0.3) is 0 Å². The normalized spacial score (nSPS) is 20.5. The standard InChI is InChI=1S/C21H25F3N6O/c22-21(23,24)16-3-4-18(27-12-16)29-10-5-17(6-11-29)28-20(31)15-2-1-9-30(14-15)19-13-25-7-8-26-19/h3-4,7-8,12-13,15,17H,1-2,5-6,9-11,14H2,(H,28,31). The summed E-state index contributed by atoms with van der Waals surface area (Å²) in [5.41, 5.74) is -0.749. The fourth-order valence-corrected chi connectivity index (χ4v) is 4.17. The molecule has 0 aromatic carbocycles. The van der Waals surface area contributed by atoms with Crippen molar-refractivity contribution in [2.75, 3.05) is 36.0 Å². The van der Waals surface area contributed by atoms with E-state index in [1.54, 1.807) is 18.6 Å². The summed E-state index contributed by atoms with van der Waals surface area (Å²) in [6, 6.07) is 2.53. The number of anilines is 2. The van der Waals surface area contributed by atoms with Gasteiger partial charge in [-0.05, 0) is 37.8 Å². The van der Waals surface area contributed by atoms with Crippen LogP contribution in [0.4, 0.5) is 24.8 Å². The van der Waals surface area contributed by atoms with Crippen LogP contribution in [-0.4, -0.2) is 53.1 Å². The zero-order chi connectivity index (χ0) is 21.8. The Morgan fingerprint density at radius 1 is 0.968 bits per heavy atom. The molecule has 4 rings (SSSR count). The number of carbonyl (C=O) groups excluding carboxylic acids is 1. The van der Waals surface area contributed by atoms with Crippen molar-refractivity contribution >= 4 is 17.5 Å². The van der Waals surface area contributed by atoms with E-state index in [-0.39, 0.29) is 17.9 Å². The molecule has 0 bridgehead atoms. The number of carbonyl (C=O) groups is 1. The number of rotatable bonds is 4. The number of hydrogen-bond donors (Lipinski definition) is 1. The number of aromatic nitrogens is 3. The Morgan fingerprint density at radius 3 is 2.42 bits per heavy atom. The van der Waals surface area contributed by atoms with Gasteiger partial charge in [0.25, 0.3) is 0 Å². The molecule has 2 saturated heterocycles. The van der Waals surface area contributed by atoms with E-state index in [2.05, 4.69) is 25.2 Å². The van der Waals surface area contributed by atoms with Crippen LogP contribution in [0.3, 0.4) is 0 Å². The number of amides is 1. The van der Waals surface area contributed by atoms with E-state index in [9.17, 15) is 18.0 Å². The highest BCUT2D eigenvalue weighted by atomic mass is 19.4. The molecule has 2 aromatic heterocycles. The summed E-state index contributed by atoms with van der Waals surface area (Å²) in [7, 11) is 0. The SMILES string of the molecule is O=C(NC1CCN(c2ccc(C(F)(F)F)cn2)CC1)C1CCCN(c2cnccn2)C1. The number of nitrogens with one attached hydrogen (secondary N) is 1. The van der Waals surface area contributed by atoms with Crippen molar-refractivity contribution in [3.8, 4) is 0 Å². The number of hydrogen-bond acceptors (Lipinski definition) is 6. The van der Waals surface area contributed by atoms with Crippen LogP contribution in [0.15, 0.2) is 36.9 Å². The quantitative estimate of drug-likeness (QED) is 0.798. The lowest BCUT2D eigenvalue weighted by Crippen LogP contribution is -2.49. The molecule has 2 aliphatic heterocycles. The van der Waals surface area contributed by atoms with Gasteiger partial charge in [0.05, 0.1) is 17.7 Å². The highest BCUT2D eigenvalue weighted by Gasteiger charge is 2.32. The van der Waals surface area contributed by atoms with Crippen LogP contribution in [0.5, 0.6) is 0 Å². The third kappa shape index (κ3) is 5.23. The predicted molar refractivity (Wildman–Crippen MR) is 110 cm³/mol. The van der Waals surface area contributed by atoms with Gasteiger partial charge in [0.2, 0.25) is 5.91 Å². The number of nitrogens with zero attached hydrogens (tertiary/aromatic N) is 5. The zero-order valence-electron chi connectivity index (χ0n) is 17.1. The van der Waals surface area contributed by atoms with E-state index >= 15 is 0 Å². The van der Waals surface area contributed by atoms with Crippen LogP contribution in [0.2, 0.25) is 0 Å². The molecule has 1 N–H and O–H groups in total. The van der Waals surface area contributed by atoms with Gasteiger partial charge in [-0.3, -0.25) is 9.78 Å². The molecule has 0 spiro atoms. The van der Waals surface area contributed by atoms with Crippen LogP contribution in [-0.2, 0) is 11.0 Å². The van der Waals surface area contributed by atoms with Crippen molar-refractivity contribution in [1.82, 2.24) is 20.3 Å². The van der Waals surface area contributed by atoms with E-state index < -0.39 is 11.7 Å². The Labute approximate surface area is 178 Å². The fourth-order valence-electron chi connectivity index (χ4n) is 4.17. The second-order valence-electron chi connectivity index (χ2n) is 8.02. The summed E-state index contributed by atoms with van der Waals surface area (Å²) >= 11 is 0. The van der Waals surface area contributed by atoms with Crippen LogP contribution in [0.1, 0.15) is 31.2 Å². The molecule has 1 unspecified atom stereocenters. The molecule has 2 aromatic rings. The van der Waals surface area contributed by atoms with Gasteiger partial charge in [0.1, 0.15) is 11.6 Å². The molecule has 0 radical (unpaired) electrons. The second kappa shape index (κ2) is 9.07. The van der Waals surface area contributed by atoms with E-state index in [1.165, 1.54) is 6.07 Å². The summed E-state index contributed by atoms with van der Waals surface area (Å²) in [6.45, 7) is 2.76. The highest BCUT2D eigenvalue weighted by Crippen LogP contribution is 2.30. The van der Waals surface area contributed by atoms with Crippen molar-refractivity contribution in [2.45, 2.75) is 37.9 Å². The Kier molecular flexibility index (Phi) is 6.24. The predicted octanol–water partition coefficient (Wildman–Crippen LogP) is 2.89. The Balaban J connectivity index is 1.27. The smallest absolute Gasteiger partial charge is 0.356 e. The molecule has 0 aliphatic carbocycles. The minimum Gasteiger partial charge on any atom is -0.356 e. The first-order valence-electron chi connectivity index (χ1n) is 10.5. The Morgan fingerprint density at radius 2 is 1.77 bits per heavy atom. The molecule has 4 heterocycles. The minimum absolute atomic E-state index is 0.0553. The van der Waals surface area contributed by atoms with Gasteiger partial charge in [0.15, 0.2) is 0 Å². The highest BCUT2D eigenvalue weighted by molar-refractivity contribution is 5.79. The number of pyridine rings is 1. The van der Waals surface area contributed by atoms with Crippen molar-refractivity contribution in [3.63, 3.8) is 0 Å². The lowest BCUT2D eigenvalue weighted by molar-refractivity contribution is -0.137. The first-order valence-corrected chi connectivity index (χ1v) is 10.5. The van der Waals surface area contributed by atoms with E-state index in [4.69, 9.17) is 0 Å². The van der Waals surface area contributed by atoms with Crippen molar-refractivity contribution < 1.29 is 18.0 Å². The second-order valence-corrected chi connectivity index (χ2v) is 8.02. The average Bonchev–Trinajstić information content (AvgIpc) is 2.80. The Bertz CT molecular complexity index is 869. The van der Waals surface area contributed by atoms with Gasteiger partial charge in [-0.2, -0.15) is 13.2 Å². The topological polar surface area (TPSA) is 74.2 Å².